The fraction of sp³-hybridized carbons (Fsp3) is 0.417. The second-order valence-electron chi connectivity index (χ2n) is 3.63. The Hall–Kier alpha value is -0.900. The topological polar surface area (TPSA) is 57.5 Å². The average Bonchev–Trinajstić information content (AvgIpc) is 2.28. The molecule has 0 radical (unpaired) electrons. The maximum absolute atomic E-state index is 11.3. The lowest BCUT2D eigenvalue weighted by Crippen LogP contribution is -2.20. The minimum absolute atomic E-state index is 0.132. The standard InChI is InChI=1S/C12H15ClO3/c1-8(14)9-4-2-3-5-10(9)12(16)11(15)6-7-13/h2-5,11-12,15-16H,6-7H2,1H3. The zero-order valence-electron chi connectivity index (χ0n) is 9.06. The normalized spacial score (nSPS) is 14.5. The van der Waals surface area contributed by atoms with Gasteiger partial charge in [-0.15, -0.1) is 11.6 Å². The van der Waals surface area contributed by atoms with E-state index in [4.69, 9.17) is 11.6 Å². The Morgan fingerprint density at radius 2 is 2.00 bits per heavy atom. The molecular weight excluding hydrogens is 228 g/mol. The summed E-state index contributed by atoms with van der Waals surface area (Å²) in [5.41, 5.74) is 0.885. The van der Waals surface area contributed by atoms with Crippen LogP contribution in [-0.4, -0.2) is 28.0 Å². The van der Waals surface area contributed by atoms with E-state index in [1.165, 1.54) is 6.92 Å². The minimum atomic E-state index is -1.07. The molecule has 0 aliphatic heterocycles. The minimum Gasteiger partial charge on any atom is -0.390 e. The van der Waals surface area contributed by atoms with Crippen LogP contribution in [0.25, 0.3) is 0 Å². The summed E-state index contributed by atoms with van der Waals surface area (Å²) in [6, 6.07) is 6.71. The van der Waals surface area contributed by atoms with Crippen LogP contribution >= 0.6 is 11.6 Å². The number of Topliss-reactive ketones (excluding diaryl/α,β-unsaturated/α-hetero) is 1. The molecule has 1 aromatic rings. The number of aliphatic hydroxyl groups excluding tert-OH is 2. The van der Waals surface area contributed by atoms with Crippen molar-refractivity contribution in [2.24, 2.45) is 0 Å². The fourth-order valence-corrected chi connectivity index (χ4v) is 1.78. The van der Waals surface area contributed by atoms with Crippen LogP contribution in [0.15, 0.2) is 24.3 Å². The first-order valence-electron chi connectivity index (χ1n) is 5.10. The third-order valence-electron chi connectivity index (χ3n) is 2.43. The molecule has 0 aliphatic carbocycles. The summed E-state index contributed by atoms with van der Waals surface area (Å²) in [6.45, 7) is 1.43. The second-order valence-corrected chi connectivity index (χ2v) is 4.01. The van der Waals surface area contributed by atoms with Gasteiger partial charge in [-0.05, 0) is 18.9 Å². The molecule has 2 atom stereocenters. The van der Waals surface area contributed by atoms with Gasteiger partial charge in [-0.25, -0.2) is 0 Å². The van der Waals surface area contributed by atoms with Gasteiger partial charge in [0.25, 0.3) is 0 Å². The van der Waals surface area contributed by atoms with E-state index in [1.807, 2.05) is 0 Å². The summed E-state index contributed by atoms with van der Waals surface area (Å²) in [6.07, 6.45) is -1.73. The predicted octanol–water partition coefficient (Wildman–Crippen LogP) is 1.91. The number of alkyl halides is 1. The van der Waals surface area contributed by atoms with E-state index in [2.05, 4.69) is 0 Å². The molecule has 4 heteroatoms. The van der Waals surface area contributed by atoms with Crippen LogP contribution in [0.1, 0.15) is 35.4 Å². The molecule has 0 spiro atoms. The molecule has 0 heterocycles. The van der Waals surface area contributed by atoms with Gasteiger partial charge in [0.1, 0.15) is 6.10 Å². The van der Waals surface area contributed by atoms with Gasteiger partial charge in [0.15, 0.2) is 5.78 Å². The fourth-order valence-electron chi connectivity index (χ4n) is 1.55. The molecular formula is C12H15ClO3. The Morgan fingerprint density at radius 3 is 2.56 bits per heavy atom. The number of carbonyl (C=O) groups excluding carboxylic acids is 1. The van der Waals surface area contributed by atoms with Crippen molar-refractivity contribution in [3.05, 3.63) is 35.4 Å². The molecule has 0 fully saturated rings. The zero-order chi connectivity index (χ0) is 12.1. The first-order chi connectivity index (χ1) is 7.57. The van der Waals surface area contributed by atoms with Crippen LogP contribution < -0.4 is 0 Å². The summed E-state index contributed by atoms with van der Waals surface area (Å²) in [7, 11) is 0. The first kappa shape index (κ1) is 13.2. The van der Waals surface area contributed by atoms with E-state index >= 15 is 0 Å². The molecule has 0 aliphatic rings. The summed E-state index contributed by atoms with van der Waals surface area (Å²) in [4.78, 5) is 11.3. The Bertz CT molecular complexity index is 365. The number of halogens is 1. The highest BCUT2D eigenvalue weighted by molar-refractivity contribution is 6.17. The van der Waals surface area contributed by atoms with Gasteiger partial charge in [0, 0.05) is 11.4 Å². The Balaban J connectivity index is 2.98. The molecule has 0 aromatic heterocycles. The molecule has 16 heavy (non-hydrogen) atoms. The maximum atomic E-state index is 11.3. The van der Waals surface area contributed by atoms with Crippen molar-refractivity contribution in [2.75, 3.05) is 5.88 Å². The third-order valence-corrected chi connectivity index (χ3v) is 2.65. The number of benzene rings is 1. The quantitative estimate of drug-likeness (QED) is 0.613. The van der Waals surface area contributed by atoms with E-state index in [1.54, 1.807) is 24.3 Å². The number of ketones is 1. The van der Waals surface area contributed by atoms with Gasteiger partial charge in [-0.2, -0.15) is 0 Å². The average molecular weight is 243 g/mol. The molecule has 3 nitrogen and oxygen atoms in total. The monoisotopic (exact) mass is 242 g/mol. The highest BCUT2D eigenvalue weighted by Crippen LogP contribution is 2.23. The van der Waals surface area contributed by atoms with E-state index in [0.29, 0.717) is 11.1 Å². The number of hydrogen-bond donors (Lipinski definition) is 2. The molecule has 0 saturated heterocycles. The van der Waals surface area contributed by atoms with Gasteiger partial charge in [-0.1, -0.05) is 24.3 Å². The Labute approximate surface area is 99.7 Å². The van der Waals surface area contributed by atoms with Crippen LogP contribution in [0.4, 0.5) is 0 Å². The molecule has 0 bridgehead atoms. The van der Waals surface area contributed by atoms with E-state index in [9.17, 15) is 15.0 Å². The Kier molecular flexibility index (Phi) is 4.93. The summed E-state index contributed by atoms with van der Waals surface area (Å²) in [5, 5.41) is 19.5. The molecule has 2 unspecified atom stereocenters. The van der Waals surface area contributed by atoms with E-state index in [0.717, 1.165) is 0 Å². The second kappa shape index (κ2) is 5.99. The van der Waals surface area contributed by atoms with E-state index < -0.39 is 12.2 Å². The van der Waals surface area contributed by atoms with Gasteiger partial charge >= 0.3 is 0 Å². The smallest absolute Gasteiger partial charge is 0.160 e. The molecule has 88 valence electrons. The van der Waals surface area contributed by atoms with Gasteiger partial charge in [0.05, 0.1) is 6.10 Å². The summed E-state index contributed by atoms with van der Waals surface area (Å²) >= 11 is 5.49. The van der Waals surface area contributed by atoms with Crippen LogP contribution in [-0.2, 0) is 0 Å². The lowest BCUT2D eigenvalue weighted by Gasteiger charge is -2.19. The van der Waals surface area contributed by atoms with Crippen LogP contribution in [0.2, 0.25) is 0 Å². The van der Waals surface area contributed by atoms with Crippen molar-refractivity contribution in [1.82, 2.24) is 0 Å². The highest BCUT2D eigenvalue weighted by atomic mass is 35.5. The molecule has 0 saturated carbocycles. The van der Waals surface area contributed by atoms with Crippen molar-refractivity contribution >= 4 is 17.4 Å². The molecule has 1 aromatic carbocycles. The SMILES string of the molecule is CC(=O)c1ccccc1C(O)C(O)CCCl. The summed E-state index contributed by atoms with van der Waals surface area (Å²) < 4.78 is 0. The van der Waals surface area contributed by atoms with Crippen LogP contribution in [0, 0.1) is 0 Å². The van der Waals surface area contributed by atoms with Crippen molar-refractivity contribution in [3.63, 3.8) is 0 Å². The van der Waals surface area contributed by atoms with Crippen molar-refractivity contribution in [1.29, 1.82) is 0 Å². The number of carbonyl (C=O) groups is 1. The van der Waals surface area contributed by atoms with Crippen molar-refractivity contribution in [2.45, 2.75) is 25.6 Å². The lowest BCUT2D eigenvalue weighted by molar-refractivity contribution is 0.0165. The van der Waals surface area contributed by atoms with E-state index in [-0.39, 0.29) is 18.1 Å². The zero-order valence-corrected chi connectivity index (χ0v) is 9.81. The predicted molar refractivity (Wildman–Crippen MR) is 62.8 cm³/mol. The Morgan fingerprint density at radius 1 is 1.38 bits per heavy atom. The molecule has 2 N–H and O–H groups in total. The van der Waals surface area contributed by atoms with Crippen molar-refractivity contribution < 1.29 is 15.0 Å². The molecule has 0 amide bonds. The third kappa shape index (κ3) is 3.04. The largest absolute Gasteiger partial charge is 0.390 e. The highest BCUT2D eigenvalue weighted by Gasteiger charge is 2.21. The van der Waals surface area contributed by atoms with Gasteiger partial charge in [-0.3, -0.25) is 4.79 Å². The molecule has 1 rings (SSSR count). The van der Waals surface area contributed by atoms with Gasteiger partial charge in [0.2, 0.25) is 0 Å². The number of aliphatic hydroxyl groups is 2. The number of rotatable bonds is 5. The van der Waals surface area contributed by atoms with Crippen LogP contribution in [0.3, 0.4) is 0 Å². The lowest BCUT2D eigenvalue weighted by atomic mass is 9.96. The first-order valence-corrected chi connectivity index (χ1v) is 5.63. The van der Waals surface area contributed by atoms with Crippen molar-refractivity contribution in [3.8, 4) is 0 Å². The number of hydrogen-bond acceptors (Lipinski definition) is 3. The maximum Gasteiger partial charge on any atom is 0.160 e. The van der Waals surface area contributed by atoms with Crippen LogP contribution in [0.5, 0.6) is 0 Å². The van der Waals surface area contributed by atoms with Gasteiger partial charge < -0.3 is 10.2 Å². The summed E-state index contributed by atoms with van der Waals surface area (Å²) in [5.74, 6) is 0.133.